The van der Waals surface area contributed by atoms with E-state index in [1.807, 2.05) is 48.5 Å². The van der Waals surface area contributed by atoms with Gasteiger partial charge in [0.05, 0.1) is 4.47 Å². The smallest absolute Gasteiger partial charge is 0.136 e. The van der Waals surface area contributed by atoms with Crippen LogP contribution in [0, 0.1) is 0 Å². The minimum atomic E-state index is -0.180. The van der Waals surface area contributed by atoms with Crippen molar-refractivity contribution in [2.24, 2.45) is 5.73 Å². The van der Waals surface area contributed by atoms with Gasteiger partial charge in [-0.2, -0.15) is 0 Å². The minimum Gasteiger partial charge on any atom is -0.483 e. The number of para-hydroxylation sites is 1. The number of halogens is 2. The predicted molar refractivity (Wildman–Crippen MR) is 78.0 cm³/mol. The summed E-state index contributed by atoms with van der Waals surface area (Å²) < 4.78 is 6.82. The first-order chi connectivity index (χ1) is 8.70. The van der Waals surface area contributed by atoms with Crippen molar-refractivity contribution >= 4 is 27.5 Å². The van der Waals surface area contributed by atoms with Crippen molar-refractivity contribution in [3.05, 3.63) is 63.6 Å². The molecule has 0 aliphatic carbocycles. The third kappa shape index (κ3) is 3.25. The Morgan fingerprint density at radius 3 is 2.39 bits per heavy atom. The molecule has 0 saturated heterocycles. The maximum atomic E-state index is 5.91. The molecule has 18 heavy (non-hydrogen) atoms. The topological polar surface area (TPSA) is 35.2 Å². The van der Waals surface area contributed by atoms with Gasteiger partial charge < -0.3 is 10.5 Å². The highest BCUT2D eigenvalue weighted by molar-refractivity contribution is 9.10. The Kier molecular flexibility index (Phi) is 4.64. The highest BCUT2D eigenvalue weighted by Crippen LogP contribution is 2.29. The molecule has 0 aromatic heterocycles. The van der Waals surface area contributed by atoms with Crippen LogP contribution in [0.3, 0.4) is 0 Å². The third-order valence-corrected chi connectivity index (χ3v) is 3.47. The molecular formula is C14H13BrClNO. The first-order valence-electron chi connectivity index (χ1n) is 5.57. The van der Waals surface area contributed by atoms with Crippen LogP contribution in [0.15, 0.2) is 53.0 Å². The van der Waals surface area contributed by atoms with Gasteiger partial charge in [0.25, 0.3) is 0 Å². The molecule has 0 aliphatic rings. The highest BCUT2D eigenvalue weighted by atomic mass is 79.9. The average molecular weight is 327 g/mol. The Morgan fingerprint density at radius 2 is 1.78 bits per heavy atom. The summed E-state index contributed by atoms with van der Waals surface area (Å²) in [6.07, 6.45) is -0.180. The lowest BCUT2D eigenvalue weighted by Gasteiger charge is -2.18. The Bertz CT molecular complexity index is 515. The van der Waals surface area contributed by atoms with Gasteiger partial charge >= 0.3 is 0 Å². The molecule has 2 aromatic carbocycles. The lowest BCUT2D eigenvalue weighted by molar-refractivity contribution is 0.213. The van der Waals surface area contributed by atoms with Crippen LogP contribution in [0.25, 0.3) is 0 Å². The average Bonchev–Trinajstić information content (AvgIpc) is 2.39. The van der Waals surface area contributed by atoms with Crippen LogP contribution in [0.5, 0.6) is 5.75 Å². The summed E-state index contributed by atoms with van der Waals surface area (Å²) in [4.78, 5) is 0. The number of hydrogen-bond donors (Lipinski definition) is 1. The third-order valence-electron chi connectivity index (χ3n) is 2.56. The Morgan fingerprint density at radius 1 is 1.11 bits per heavy atom. The van der Waals surface area contributed by atoms with E-state index in [-0.39, 0.29) is 6.10 Å². The largest absolute Gasteiger partial charge is 0.483 e. The van der Waals surface area contributed by atoms with Gasteiger partial charge in [0.1, 0.15) is 11.9 Å². The SMILES string of the molecule is NCC(Oc1ccccc1Br)c1ccc(Cl)cc1. The van der Waals surface area contributed by atoms with Crippen LogP contribution in [-0.4, -0.2) is 6.54 Å². The van der Waals surface area contributed by atoms with Crippen molar-refractivity contribution in [3.63, 3.8) is 0 Å². The van der Waals surface area contributed by atoms with Crippen molar-refractivity contribution in [1.82, 2.24) is 0 Å². The zero-order valence-corrected chi connectivity index (χ0v) is 12.0. The molecule has 2 aromatic rings. The molecule has 1 atom stereocenters. The van der Waals surface area contributed by atoms with Crippen molar-refractivity contribution in [1.29, 1.82) is 0 Å². The van der Waals surface area contributed by atoms with E-state index in [0.717, 1.165) is 15.8 Å². The molecule has 0 radical (unpaired) electrons. The molecule has 0 spiro atoms. The second-order valence-electron chi connectivity index (χ2n) is 3.82. The summed E-state index contributed by atoms with van der Waals surface area (Å²) in [6.45, 7) is 0.406. The molecule has 2 rings (SSSR count). The standard InChI is InChI=1S/C14H13BrClNO/c15-12-3-1-2-4-13(12)18-14(9-17)10-5-7-11(16)8-6-10/h1-8,14H,9,17H2. The first kappa shape index (κ1) is 13.4. The number of ether oxygens (including phenoxy) is 1. The molecule has 4 heteroatoms. The predicted octanol–water partition coefficient (Wildman–Crippen LogP) is 4.18. The molecule has 0 fully saturated rings. The lowest BCUT2D eigenvalue weighted by atomic mass is 10.1. The normalized spacial score (nSPS) is 12.2. The number of rotatable bonds is 4. The van der Waals surface area contributed by atoms with Gasteiger partial charge in [-0.25, -0.2) is 0 Å². The Hall–Kier alpha value is -1.03. The van der Waals surface area contributed by atoms with Gasteiger partial charge in [0.15, 0.2) is 0 Å². The van der Waals surface area contributed by atoms with E-state index in [9.17, 15) is 0 Å². The van der Waals surface area contributed by atoms with E-state index in [0.29, 0.717) is 11.6 Å². The summed E-state index contributed by atoms with van der Waals surface area (Å²) in [5, 5.41) is 0.704. The molecule has 1 unspecified atom stereocenters. The molecule has 0 heterocycles. The van der Waals surface area contributed by atoms with Crippen LogP contribution in [0.1, 0.15) is 11.7 Å². The fourth-order valence-corrected chi connectivity index (χ4v) is 2.13. The molecule has 94 valence electrons. The molecule has 2 N–H and O–H groups in total. The van der Waals surface area contributed by atoms with Gasteiger partial charge in [0, 0.05) is 11.6 Å². The van der Waals surface area contributed by atoms with Crippen LogP contribution >= 0.6 is 27.5 Å². The molecule has 0 bridgehead atoms. The quantitative estimate of drug-likeness (QED) is 0.914. The fraction of sp³-hybridized carbons (Fsp3) is 0.143. The zero-order valence-electron chi connectivity index (χ0n) is 9.64. The van der Waals surface area contributed by atoms with E-state index in [4.69, 9.17) is 22.1 Å². The van der Waals surface area contributed by atoms with E-state index >= 15 is 0 Å². The van der Waals surface area contributed by atoms with Crippen molar-refractivity contribution in [2.45, 2.75) is 6.10 Å². The molecule has 0 saturated carbocycles. The fourth-order valence-electron chi connectivity index (χ4n) is 1.62. The van der Waals surface area contributed by atoms with E-state index in [1.165, 1.54) is 0 Å². The van der Waals surface area contributed by atoms with Crippen molar-refractivity contribution in [2.75, 3.05) is 6.54 Å². The second-order valence-corrected chi connectivity index (χ2v) is 5.11. The minimum absolute atomic E-state index is 0.180. The Balaban J connectivity index is 2.20. The lowest BCUT2D eigenvalue weighted by Crippen LogP contribution is -2.18. The summed E-state index contributed by atoms with van der Waals surface area (Å²) in [7, 11) is 0. The molecule has 0 amide bonds. The number of nitrogens with two attached hydrogens (primary N) is 1. The zero-order chi connectivity index (χ0) is 13.0. The monoisotopic (exact) mass is 325 g/mol. The Labute approximate surface area is 120 Å². The first-order valence-corrected chi connectivity index (χ1v) is 6.74. The van der Waals surface area contributed by atoms with Crippen LogP contribution in [0.2, 0.25) is 5.02 Å². The molecule has 0 aliphatic heterocycles. The highest BCUT2D eigenvalue weighted by Gasteiger charge is 2.12. The summed E-state index contributed by atoms with van der Waals surface area (Å²) >= 11 is 9.32. The summed E-state index contributed by atoms with van der Waals surface area (Å²) in [6, 6.07) is 15.2. The van der Waals surface area contributed by atoms with Gasteiger partial charge in [-0.15, -0.1) is 0 Å². The van der Waals surface area contributed by atoms with E-state index in [2.05, 4.69) is 15.9 Å². The van der Waals surface area contributed by atoms with Gasteiger partial charge in [0.2, 0.25) is 0 Å². The number of benzene rings is 2. The molecular weight excluding hydrogens is 314 g/mol. The van der Waals surface area contributed by atoms with Gasteiger partial charge in [-0.1, -0.05) is 35.9 Å². The van der Waals surface area contributed by atoms with Gasteiger partial charge in [-0.3, -0.25) is 0 Å². The summed E-state index contributed by atoms with van der Waals surface area (Å²) in [5.74, 6) is 0.780. The molecule has 2 nitrogen and oxygen atoms in total. The maximum absolute atomic E-state index is 5.91. The van der Waals surface area contributed by atoms with Crippen molar-refractivity contribution < 1.29 is 4.74 Å². The van der Waals surface area contributed by atoms with Crippen molar-refractivity contribution in [3.8, 4) is 5.75 Å². The number of hydrogen-bond acceptors (Lipinski definition) is 2. The maximum Gasteiger partial charge on any atom is 0.136 e. The van der Waals surface area contributed by atoms with Gasteiger partial charge in [-0.05, 0) is 45.8 Å². The van der Waals surface area contributed by atoms with Crippen LogP contribution in [-0.2, 0) is 0 Å². The van der Waals surface area contributed by atoms with Crippen LogP contribution < -0.4 is 10.5 Å². The van der Waals surface area contributed by atoms with E-state index < -0.39 is 0 Å². The van der Waals surface area contributed by atoms with Crippen LogP contribution in [0.4, 0.5) is 0 Å². The van der Waals surface area contributed by atoms with E-state index in [1.54, 1.807) is 0 Å². The summed E-state index contributed by atoms with van der Waals surface area (Å²) in [5.41, 5.74) is 6.78. The second kappa shape index (κ2) is 6.23.